The number of amides is 2. The Balaban J connectivity index is 1.50. The predicted molar refractivity (Wildman–Crippen MR) is 131 cm³/mol. The van der Waals surface area contributed by atoms with Gasteiger partial charge in [0, 0.05) is 12.0 Å². The van der Waals surface area contributed by atoms with Crippen molar-refractivity contribution in [3.05, 3.63) is 59.7 Å². The van der Waals surface area contributed by atoms with E-state index in [9.17, 15) is 14.4 Å². The lowest BCUT2D eigenvalue weighted by molar-refractivity contribution is -0.141. The number of nitrogens with one attached hydrogen (secondary N) is 2. The van der Waals surface area contributed by atoms with E-state index in [0.29, 0.717) is 25.7 Å². The molecule has 7 nitrogen and oxygen atoms in total. The number of fused-ring (bicyclic) bond motifs is 3. The van der Waals surface area contributed by atoms with Gasteiger partial charge < -0.3 is 20.5 Å². The van der Waals surface area contributed by atoms with Gasteiger partial charge in [-0.25, -0.2) is 4.79 Å². The molecule has 3 atom stereocenters. The maximum atomic E-state index is 12.6. The van der Waals surface area contributed by atoms with Crippen molar-refractivity contribution in [3.8, 4) is 11.1 Å². The van der Waals surface area contributed by atoms with Gasteiger partial charge in [0.25, 0.3) is 0 Å². The van der Waals surface area contributed by atoms with Crippen LogP contribution in [0, 0.1) is 5.92 Å². The topological polar surface area (TPSA) is 105 Å². The zero-order chi connectivity index (χ0) is 24.7. The first-order valence-electron chi connectivity index (χ1n) is 12.0. The van der Waals surface area contributed by atoms with Crippen molar-refractivity contribution in [1.82, 2.24) is 10.6 Å². The van der Waals surface area contributed by atoms with Crippen LogP contribution in [0.2, 0.25) is 0 Å². The van der Waals surface area contributed by atoms with Crippen LogP contribution in [0.1, 0.15) is 63.5 Å². The van der Waals surface area contributed by atoms with E-state index in [1.165, 1.54) is 0 Å². The molecule has 2 unspecified atom stereocenters. The first-order valence-corrected chi connectivity index (χ1v) is 12.0. The molecule has 0 heterocycles. The number of carboxylic acids is 1. The molecule has 1 aliphatic carbocycles. The van der Waals surface area contributed by atoms with Crippen molar-refractivity contribution in [3.63, 3.8) is 0 Å². The molecule has 3 rings (SSSR count). The molecular formula is C27H34N2O5. The lowest BCUT2D eigenvalue weighted by Gasteiger charge is -2.21. The van der Waals surface area contributed by atoms with Gasteiger partial charge >= 0.3 is 12.1 Å². The number of alkyl carbamates (subject to hydrolysis) is 1. The Morgan fingerprint density at radius 1 is 0.941 bits per heavy atom. The summed E-state index contributed by atoms with van der Waals surface area (Å²) in [4.78, 5) is 36.1. The van der Waals surface area contributed by atoms with E-state index in [1.807, 2.05) is 38.1 Å². The first kappa shape index (κ1) is 25.3. The Kier molecular flexibility index (Phi) is 8.68. The van der Waals surface area contributed by atoms with Crippen LogP contribution in [-0.2, 0) is 14.3 Å². The lowest BCUT2D eigenvalue weighted by atomic mass is 9.98. The highest BCUT2D eigenvalue weighted by atomic mass is 16.5. The summed E-state index contributed by atoms with van der Waals surface area (Å²) in [6.45, 7) is 5.57. The minimum Gasteiger partial charge on any atom is -0.481 e. The van der Waals surface area contributed by atoms with Gasteiger partial charge in [0.2, 0.25) is 5.91 Å². The summed E-state index contributed by atoms with van der Waals surface area (Å²) in [5, 5.41) is 14.6. The summed E-state index contributed by atoms with van der Waals surface area (Å²) in [7, 11) is 0. The van der Waals surface area contributed by atoms with Gasteiger partial charge in [-0.15, -0.1) is 0 Å². The summed E-state index contributed by atoms with van der Waals surface area (Å²) in [5.41, 5.74) is 4.58. The molecule has 1 aliphatic rings. The van der Waals surface area contributed by atoms with Gasteiger partial charge in [0.05, 0.1) is 5.92 Å². The van der Waals surface area contributed by atoms with Crippen LogP contribution in [0.5, 0.6) is 0 Å². The molecule has 0 saturated heterocycles. The highest BCUT2D eigenvalue weighted by Crippen LogP contribution is 2.44. The number of hydrogen-bond donors (Lipinski definition) is 3. The molecule has 182 valence electrons. The molecule has 0 saturated carbocycles. The minimum absolute atomic E-state index is 0.0414. The van der Waals surface area contributed by atoms with Crippen LogP contribution >= 0.6 is 0 Å². The fourth-order valence-electron chi connectivity index (χ4n) is 4.40. The molecule has 0 aliphatic heterocycles. The van der Waals surface area contributed by atoms with E-state index in [2.05, 4.69) is 34.9 Å². The van der Waals surface area contributed by atoms with E-state index >= 15 is 0 Å². The van der Waals surface area contributed by atoms with E-state index in [-0.39, 0.29) is 24.5 Å². The van der Waals surface area contributed by atoms with Crippen molar-refractivity contribution in [2.75, 3.05) is 6.61 Å². The molecule has 0 bridgehead atoms. The van der Waals surface area contributed by atoms with Crippen molar-refractivity contribution in [2.24, 2.45) is 5.92 Å². The Bertz CT molecular complexity index is 976. The van der Waals surface area contributed by atoms with Crippen molar-refractivity contribution in [1.29, 1.82) is 0 Å². The molecule has 2 amide bonds. The van der Waals surface area contributed by atoms with Crippen molar-refractivity contribution >= 4 is 18.0 Å². The van der Waals surface area contributed by atoms with Gasteiger partial charge in [-0.1, -0.05) is 68.8 Å². The molecule has 2 aromatic rings. The van der Waals surface area contributed by atoms with Crippen LogP contribution in [0.25, 0.3) is 11.1 Å². The second-order valence-corrected chi connectivity index (χ2v) is 9.01. The quantitative estimate of drug-likeness (QED) is 0.445. The second-order valence-electron chi connectivity index (χ2n) is 9.01. The van der Waals surface area contributed by atoms with Gasteiger partial charge in [-0.05, 0) is 48.4 Å². The van der Waals surface area contributed by atoms with Gasteiger partial charge in [0.1, 0.15) is 12.6 Å². The van der Waals surface area contributed by atoms with E-state index in [0.717, 1.165) is 22.3 Å². The Labute approximate surface area is 200 Å². The highest BCUT2D eigenvalue weighted by molar-refractivity contribution is 5.86. The Morgan fingerprint density at radius 3 is 2.09 bits per heavy atom. The fourth-order valence-corrected chi connectivity index (χ4v) is 4.40. The summed E-state index contributed by atoms with van der Waals surface area (Å²) in [5.74, 6) is -1.52. The summed E-state index contributed by atoms with van der Waals surface area (Å²) in [6, 6.07) is 15.4. The van der Waals surface area contributed by atoms with Crippen LogP contribution in [0.4, 0.5) is 4.79 Å². The van der Waals surface area contributed by atoms with Crippen LogP contribution in [-0.4, -0.2) is 41.8 Å². The smallest absolute Gasteiger partial charge is 0.407 e. The molecule has 0 fully saturated rings. The number of hydrogen-bond acceptors (Lipinski definition) is 4. The van der Waals surface area contributed by atoms with Gasteiger partial charge in [-0.2, -0.15) is 0 Å². The number of aliphatic carboxylic acids is 1. The zero-order valence-corrected chi connectivity index (χ0v) is 20.0. The zero-order valence-electron chi connectivity index (χ0n) is 20.0. The normalized spacial score (nSPS) is 14.9. The molecule has 0 aromatic heterocycles. The maximum absolute atomic E-state index is 12.6. The van der Waals surface area contributed by atoms with Crippen LogP contribution in [0.15, 0.2) is 48.5 Å². The van der Waals surface area contributed by atoms with Gasteiger partial charge in [0.15, 0.2) is 0 Å². The SMILES string of the molecule is CC[C@H](NC(=O)OCC1c2ccccc2-c2ccccc21)C(=O)NC(C)CCCC(C)C(=O)O. The average molecular weight is 467 g/mol. The molecule has 0 radical (unpaired) electrons. The summed E-state index contributed by atoms with van der Waals surface area (Å²) < 4.78 is 5.56. The summed E-state index contributed by atoms with van der Waals surface area (Å²) >= 11 is 0. The first-order chi connectivity index (χ1) is 16.3. The molecule has 2 aromatic carbocycles. The number of ether oxygens (including phenoxy) is 1. The lowest BCUT2D eigenvalue weighted by Crippen LogP contribution is -2.49. The molecular weight excluding hydrogens is 432 g/mol. The second kappa shape index (κ2) is 11.7. The molecule has 34 heavy (non-hydrogen) atoms. The largest absolute Gasteiger partial charge is 0.481 e. The molecule has 0 spiro atoms. The molecule has 3 N–H and O–H groups in total. The average Bonchev–Trinajstić information content (AvgIpc) is 3.14. The van der Waals surface area contributed by atoms with E-state index in [4.69, 9.17) is 9.84 Å². The molecule has 7 heteroatoms. The third kappa shape index (κ3) is 6.16. The standard InChI is InChI=1S/C27H34N2O5/c1-4-24(25(30)28-18(3)11-9-10-17(2)26(31)32)29-27(33)34-16-23-21-14-7-5-12-19(21)20-13-6-8-15-22(20)23/h5-8,12-15,17-18,23-24H,4,9-11,16H2,1-3H3,(H,28,30)(H,29,33)(H,31,32)/t17?,18?,24-/m0/s1. The van der Waals surface area contributed by atoms with Crippen LogP contribution in [0.3, 0.4) is 0 Å². The monoisotopic (exact) mass is 466 g/mol. The predicted octanol–water partition coefficient (Wildman–Crippen LogP) is 4.70. The third-order valence-electron chi connectivity index (χ3n) is 6.45. The third-order valence-corrected chi connectivity index (χ3v) is 6.45. The van der Waals surface area contributed by atoms with Gasteiger partial charge in [-0.3, -0.25) is 9.59 Å². The Hall–Kier alpha value is -3.35. The van der Waals surface area contributed by atoms with Crippen molar-refractivity contribution in [2.45, 2.75) is 64.5 Å². The summed E-state index contributed by atoms with van der Waals surface area (Å²) in [6.07, 6.45) is 1.74. The Morgan fingerprint density at radius 2 is 1.53 bits per heavy atom. The van der Waals surface area contributed by atoms with Crippen LogP contribution < -0.4 is 10.6 Å². The van der Waals surface area contributed by atoms with E-state index < -0.39 is 24.0 Å². The van der Waals surface area contributed by atoms with E-state index in [1.54, 1.807) is 6.92 Å². The maximum Gasteiger partial charge on any atom is 0.407 e. The number of carbonyl (C=O) groups excluding carboxylic acids is 2. The van der Waals surface area contributed by atoms with Crippen molar-refractivity contribution < 1.29 is 24.2 Å². The number of carbonyl (C=O) groups is 3. The fraction of sp³-hybridized carbons (Fsp3) is 0.444. The number of rotatable bonds is 11. The highest BCUT2D eigenvalue weighted by Gasteiger charge is 2.29. The minimum atomic E-state index is -0.810. The number of benzene rings is 2. The number of carboxylic acid groups (broad SMARTS) is 1.